The minimum atomic E-state index is -3.60. The van der Waals surface area contributed by atoms with Gasteiger partial charge in [0, 0.05) is 20.6 Å². The number of hydrogen-bond acceptors (Lipinski definition) is 7. The molecule has 0 atom stereocenters. The topological polar surface area (TPSA) is 117 Å². The summed E-state index contributed by atoms with van der Waals surface area (Å²) in [4.78, 5) is 29.1. The maximum atomic E-state index is 12.4. The van der Waals surface area contributed by atoms with Crippen molar-refractivity contribution in [1.29, 1.82) is 0 Å². The molecule has 0 aliphatic heterocycles. The average Bonchev–Trinajstić information content (AvgIpc) is 3.28. The summed E-state index contributed by atoms with van der Waals surface area (Å²) in [5.74, 6) is -0.789. The maximum Gasteiger partial charge on any atom is 0.420 e. The van der Waals surface area contributed by atoms with Crippen molar-refractivity contribution in [2.75, 3.05) is 14.1 Å². The molecule has 0 aliphatic rings. The molecule has 2 heterocycles. The second kappa shape index (κ2) is 8.24. The molecule has 2 aromatic heterocycles. The molecule has 0 bridgehead atoms. The Balaban J connectivity index is 1.56. The van der Waals surface area contributed by atoms with Gasteiger partial charge in [0.15, 0.2) is 5.58 Å². The van der Waals surface area contributed by atoms with Crippen LogP contribution >= 0.6 is 0 Å². The second-order valence-electron chi connectivity index (χ2n) is 7.29. The van der Waals surface area contributed by atoms with Crippen molar-refractivity contribution in [3.63, 3.8) is 0 Å². The van der Waals surface area contributed by atoms with Crippen LogP contribution in [0.1, 0.15) is 12.7 Å². The maximum absolute atomic E-state index is 12.4. The zero-order valence-corrected chi connectivity index (χ0v) is 18.6. The van der Waals surface area contributed by atoms with Gasteiger partial charge >= 0.3 is 11.7 Å². The van der Waals surface area contributed by atoms with Gasteiger partial charge in [0.25, 0.3) is 0 Å². The number of carbonyl (C=O) groups excluding carboxylic acids is 1. The fourth-order valence-electron chi connectivity index (χ4n) is 3.48. The first-order chi connectivity index (χ1) is 15.2. The Kier molecular flexibility index (Phi) is 5.61. The monoisotopic (exact) mass is 458 g/mol. The summed E-state index contributed by atoms with van der Waals surface area (Å²) in [6, 6.07) is 11.5. The van der Waals surface area contributed by atoms with E-state index in [-0.39, 0.29) is 18.0 Å². The third-order valence-corrected chi connectivity index (χ3v) is 6.93. The molecule has 4 rings (SSSR count). The van der Waals surface area contributed by atoms with Crippen LogP contribution in [-0.4, -0.2) is 46.9 Å². The van der Waals surface area contributed by atoms with Crippen molar-refractivity contribution in [3.05, 3.63) is 58.8 Å². The van der Waals surface area contributed by atoms with Gasteiger partial charge in [-0.3, -0.25) is 9.36 Å². The largest absolute Gasteiger partial charge is 0.456 e. The molecule has 0 radical (unpaired) electrons. The molecule has 168 valence electrons. The lowest BCUT2D eigenvalue weighted by Gasteiger charge is -2.11. The molecule has 0 amide bonds. The Hall–Kier alpha value is -3.44. The van der Waals surface area contributed by atoms with E-state index >= 15 is 0 Å². The molecule has 4 aromatic rings. The molecule has 0 spiro atoms. The number of aromatic nitrogens is 3. The molecule has 0 saturated carbocycles. The van der Waals surface area contributed by atoms with Crippen molar-refractivity contribution in [1.82, 2.24) is 18.4 Å². The van der Waals surface area contributed by atoms with Gasteiger partial charge in [-0.1, -0.05) is 12.1 Å². The summed E-state index contributed by atoms with van der Waals surface area (Å²) < 4.78 is 39.5. The van der Waals surface area contributed by atoms with Crippen molar-refractivity contribution < 1.29 is 22.4 Å². The SMILES string of the molecule is CCn1c(COC(=O)Cn2c(=O)oc3ccccc32)nc2cc(S(=O)(=O)N(C)C)ccc21. The third kappa shape index (κ3) is 3.80. The van der Waals surface area contributed by atoms with E-state index in [0.29, 0.717) is 29.0 Å². The van der Waals surface area contributed by atoms with Crippen LogP contribution in [0.15, 0.2) is 56.6 Å². The van der Waals surface area contributed by atoms with Gasteiger partial charge in [-0.05, 0) is 37.3 Å². The number of oxazole rings is 1. The van der Waals surface area contributed by atoms with E-state index in [1.165, 1.54) is 30.8 Å². The number of hydrogen-bond donors (Lipinski definition) is 0. The molecule has 11 heteroatoms. The van der Waals surface area contributed by atoms with Gasteiger partial charge in [-0.25, -0.2) is 22.5 Å². The molecule has 0 saturated heterocycles. The lowest BCUT2D eigenvalue weighted by atomic mass is 10.3. The summed E-state index contributed by atoms with van der Waals surface area (Å²) in [5.41, 5.74) is 2.11. The molecular weight excluding hydrogens is 436 g/mol. The number of imidazole rings is 1. The van der Waals surface area contributed by atoms with E-state index in [1.54, 1.807) is 30.3 Å². The van der Waals surface area contributed by atoms with E-state index in [9.17, 15) is 18.0 Å². The third-order valence-electron chi connectivity index (χ3n) is 5.12. The predicted molar refractivity (Wildman–Crippen MR) is 117 cm³/mol. The van der Waals surface area contributed by atoms with Crippen molar-refractivity contribution in [2.24, 2.45) is 0 Å². The first-order valence-electron chi connectivity index (χ1n) is 9.88. The van der Waals surface area contributed by atoms with Crippen LogP contribution in [0, 0.1) is 0 Å². The Morgan fingerprint density at radius 2 is 1.88 bits per heavy atom. The fourth-order valence-corrected chi connectivity index (χ4v) is 4.40. The summed E-state index contributed by atoms with van der Waals surface area (Å²) in [7, 11) is -0.674. The predicted octanol–water partition coefficient (Wildman–Crippen LogP) is 1.96. The summed E-state index contributed by atoms with van der Waals surface area (Å²) >= 11 is 0. The highest BCUT2D eigenvalue weighted by Crippen LogP contribution is 2.22. The Morgan fingerprint density at radius 3 is 2.59 bits per heavy atom. The van der Waals surface area contributed by atoms with Gasteiger partial charge in [0.1, 0.15) is 19.0 Å². The van der Waals surface area contributed by atoms with E-state index in [0.717, 1.165) is 9.82 Å². The van der Waals surface area contributed by atoms with Gasteiger partial charge < -0.3 is 13.7 Å². The van der Waals surface area contributed by atoms with Gasteiger partial charge in [-0.2, -0.15) is 0 Å². The highest BCUT2D eigenvalue weighted by atomic mass is 32.2. The van der Waals surface area contributed by atoms with E-state index in [4.69, 9.17) is 9.15 Å². The number of fused-ring (bicyclic) bond motifs is 2. The number of nitrogens with zero attached hydrogens (tertiary/aromatic N) is 4. The minimum Gasteiger partial charge on any atom is -0.456 e. The van der Waals surface area contributed by atoms with Crippen LogP contribution in [0.3, 0.4) is 0 Å². The van der Waals surface area contributed by atoms with Crippen molar-refractivity contribution in [3.8, 4) is 0 Å². The molecule has 0 N–H and O–H groups in total. The Labute approximate surface area is 183 Å². The first-order valence-corrected chi connectivity index (χ1v) is 11.3. The van der Waals surface area contributed by atoms with Crippen LogP contribution in [0.25, 0.3) is 22.1 Å². The summed E-state index contributed by atoms with van der Waals surface area (Å²) in [6.45, 7) is 2.04. The fraction of sp³-hybridized carbons (Fsp3) is 0.286. The number of rotatable bonds is 7. The number of esters is 1. The number of sulfonamides is 1. The summed E-state index contributed by atoms with van der Waals surface area (Å²) in [5, 5.41) is 0. The molecule has 0 unspecified atom stereocenters. The van der Waals surface area contributed by atoms with E-state index in [2.05, 4.69) is 4.98 Å². The van der Waals surface area contributed by atoms with Crippen LogP contribution in [0.2, 0.25) is 0 Å². The Morgan fingerprint density at radius 1 is 1.12 bits per heavy atom. The quantitative estimate of drug-likeness (QED) is 0.389. The van der Waals surface area contributed by atoms with Gasteiger partial charge in [-0.15, -0.1) is 0 Å². The highest BCUT2D eigenvalue weighted by Gasteiger charge is 2.20. The normalized spacial score (nSPS) is 12.1. The standard InChI is InChI=1S/C21H22N4O6S/c1-4-24-16-10-9-14(32(28,29)23(2)3)11-15(16)22-19(24)13-30-20(26)12-25-17-7-5-6-8-18(17)31-21(25)27/h5-11H,4,12-13H2,1-3H3. The first kappa shape index (κ1) is 21.8. The molecule has 0 fully saturated rings. The average molecular weight is 458 g/mol. The lowest BCUT2D eigenvalue weighted by Crippen LogP contribution is -2.22. The zero-order chi connectivity index (χ0) is 23.0. The Bertz CT molecular complexity index is 1480. The number of aryl methyl sites for hydroxylation is 1. The van der Waals surface area contributed by atoms with Gasteiger partial charge in [0.2, 0.25) is 10.0 Å². The number of benzene rings is 2. The number of carbonyl (C=O) groups is 1. The van der Waals surface area contributed by atoms with E-state index < -0.39 is 21.7 Å². The molecule has 0 aliphatic carbocycles. The molecule has 10 nitrogen and oxygen atoms in total. The van der Waals surface area contributed by atoms with Crippen LogP contribution in [0.5, 0.6) is 0 Å². The van der Waals surface area contributed by atoms with Crippen LogP contribution in [0.4, 0.5) is 0 Å². The molecular formula is C21H22N4O6S. The minimum absolute atomic E-state index is 0.123. The van der Waals surface area contributed by atoms with Crippen molar-refractivity contribution in [2.45, 2.75) is 31.5 Å². The van der Waals surface area contributed by atoms with Gasteiger partial charge in [0.05, 0.1) is 21.4 Å². The summed E-state index contributed by atoms with van der Waals surface area (Å²) in [6.07, 6.45) is 0. The van der Waals surface area contributed by atoms with Crippen LogP contribution < -0.4 is 5.76 Å². The number of para-hydroxylation sites is 2. The second-order valence-corrected chi connectivity index (χ2v) is 9.44. The smallest absolute Gasteiger partial charge is 0.420 e. The van der Waals surface area contributed by atoms with E-state index in [1.807, 2.05) is 11.5 Å². The van der Waals surface area contributed by atoms with Crippen LogP contribution in [-0.2, 0) is 39.3 Å². The molecule has 32 heavy (non-hydrogen) atoms. The zero-order valence-electron chi connectivity index (χ0n) is 17.8. The molecule has 2 aromatic carbocycles. The van der Waals surface area contributed by atoms with Crippen molar-refractivity contribution >= 4 is 38.1 Å². The lowest BCUT2D eigenvalue weighted by molar-refractivity contribution is -0.146. The highest BCUT2D eigenvalue weighted by molar-refractivity contribution is 7.89. The number of ether oxygens (including phenoxy) is 1.